The molecule has 4 aromatic rings. The fourth-order valence-corrected chi connectivity index (χ4v) is 6.69. The lowest BCUT2D eigenvalue weighted by atomic mass is 9.95. The second-order valence-corrected chi connectivity index (χ2v) is 10.2. The molecule has 12 heteroatoms. The van der Waals surface area contributed by atoms with Crippen LogP contribution in [0, 0.1) is 0 Å². The number of sulfonamides is 1. The number of pyridine rings is 1. The van der Waals surface area contributed by atoms with Crippen molar-refractivity contribution in [2.75, 3.05) is 4.31 Å². The minimum Gasteiger partial charge on any atom is -0.434 e. The first kappa shape index (κ1) is 21.1. The number of hydrogen-bond acceptors (Lipinski definition) is 5. The third kappa shape index (κ3) is 2.96. The molecule has 2 bridgehead atoms. The molecule has 0 fully saturated rings. The van der Waals surface area contributed by atoms with Gasteiger partial charge in [0.15, 0.2) is 0 Å². The van der Waals surface area contributed by atoms with Gasteiger partial charge < -0.3 is 14.3 Å². The van der Waals surface area contributed by atoms with E-state index in [1.165, 1.54) is 22.5 Å². The van der Waals surface area contributed by atoms with Crippen molar-refractivity contribution in [1.29, 1.82) is 0 Å². The first-order chi connectivity index (χ1) is 16.3. The largest absolute Gasteiger partial charge is 0.434 e. The van der Waals surface area contributed by atoms with Crippen molar-refractivity contribution in [2.24, 2.45) is 0 Å². The Labute approximate surface area is 196 Å². The Hall–Kier alpha value is -3.44. The molecule has 1 N–H and O–H groups in total. The van der Waals surface area contributed by atoms with Crippen molar-refractivity contribution >= 4 is 38.3 Å². The summed E-state index contributed by atoms with van der Waals surface area (Å²) in [6, 6.07) is 10.6. The molecule has 0 saturated carbocycles. The number of nitrogens with one attached hydrogen (secondary N) is 1. The lowest BCUT2D eigenvalue weighted by Gasteiger charge is -2.36. The number of imidazole rings is 1. The van der Waals surface area contributed by atoms with Gasteiger partial charge in [-0.1, -0.05) is 17.7 Å². The Balaban J connectivity index is 1.65. The second kappa shape index (κ2) is 7.28. The zero-order valence-electron chi connectivity index (χ0n) is 17.2. The third-order valence-corrected chi connectivity index (χ3v) is 8.21. The highest BCUT2D eigenvalue weighted by molar-refractivity contribution is 7.92. The van der Waals surface area contributed by atoms with Crippen LogP contribution in [0.25, 0.3) is 11.0 Å². The number of fused-ring (bicyclic) bond motifs is 3. The molecule has 174 valence electrons. The Morgan fingerprint density at radius 1 is 1.15 bits per heavy atom. The van der Waals surface area contributed by atoms with E-state index in [1.54, 1.807) is 24.3 Å². The molecule has 4 heterocycles. The summed E-state index contributed by atoms with van der Waals surface area (Å²) in [5.74, 6) is 0.351. The van der Waals surface area contributed by atoms with Gasteiger partial charge in [-0.3, -0.25) is 9.10 Å². The fraction of sp³-hybridized carbons (Fsp3) is 0.182. The number of halogens is 3. The zero-order valence-corrected chi connectivity index (χ0v) is 18.7. The average Bonchev–Trinajstić information content (AvgIpc) is 3.29. The number of nitrogens with zero attached hydrogens (tertiary/aromatic N) is 3. The molecule has 2 atom stereocenters. The van der Waals surface area contributed by atoms with Crippen LogP contribution in [0.1, 0.15) is 29.9 Å². The van der Waals surface area contributed by atoms with E-state index >= 15 is 0 Å². The Morgan fingerprint density at radius 2 is 1.97 bits per heavy atom. The van der Waals surface area contributed by atoms with Crippen molar-refractivity contribution in [3.63, 3.8) is 0 Å². The monoisotopic (exact) mass is 504 g/mol. The maximum Gasteiger partial charge on any atom is 0.387 e. The molecule has 1 unspecified atom stereocenters. The van der Waals surface area contributed by atoms with Gasteiger partial charge in [0.1, 0.15) is 22.5 Å². The minimum atomic E-state index is -4.22. The lowest BCUT2D eigenvalue weighted by Crippen LogP contribution is -2.37. The van der Waals surface area contributed by atoms with Gasteiger partial charge in [-0.15, -0.1) is 0 Å². The van der Waals surface area contributed by atoms with Gasteiger partial charge in [-0.05, 0) is 36.4 Å². The van der Waals surface area contributed by atoms with E-state index in [2.05, 4.69) is 9.97 Å². The van der Waals surface area contributed by atoms with Crippen molar-refractivity contribution in [1.82, 2.24) is 14.5 Å². The molecule has 2 aromatic carbocycles. The topological polar surface area (TPSA) is 97.3 Å². The molecule has 2 aromatic heterocycles. The molecular formula is C22H15ClF2N4O4S. The number of anilines is 1. The minimum absolute atomic E-state index is 0.116. The van der Waals surface area contributed by atoms with Crippen LogP contribution in [0.4, 0.5) is 14.5 Å². The molecule has 8 nitrogen and oxygen atoms in total. The Kier molecular flexibility index (Phi) is 4.52. The van der Waals surface area contributed by atoms with Crippen LogP contribution in [0.3, 0.4) is 0 Å². The van der Waals surface area contributed by atoms with E-state index < -0.39 is 34.3 Å². The molecule has 2 aliphatic heterocycles. The van der Waals surface area contributed by atoms with E-state index in [0.29, 0.717) is 27.4 Å². The maximum absolute atomic E-state index is 13.8. The predicted octanol–water partition coefficient (Wildman–Crippen LogP) is 4.22. The standard InChI is InChI=1S/C22H15ClF2N4O4S/c23-11-4-6-13-15(8-11)28-16-9-17(21(28)27-13)29(34(31,32)12-5-7-19(30)26-10-12)14-2-1-3-18(20(14)16)33-22(24)25/h1-8,10,16-17,22H,9H2,(H,26,30)/t16-,17?/m1/s1. The van der Waals surface area contributed by atoms with Crippen LogP contribution in [0.2, 0.25) is 5.02 Å². The Morgan fingerprint density at radius 3 is 2.71 bits per heavy atom. The summed E-state index contributed by atoms with van der Waals surface area (Å²) in [5.41, 5.74) is 1.34. The van der Waals surface area contributed by atoms with Crippen LogP contribution >= 0.6 is 11.6 Å². The predicted molar refractivity (Wildman–Crippen MR) is 120 cm³/mol. The lowest BCUT2D eigenvalue weighted by molar-refractivity contribution is -0.0506. The highest BCUT2D eigenvalue weighted by Crippen LogP contribution is 2.56. The summed E-state index contributed by atoms with van der Waals surface area (Å²) in [7, 11) is -4.22. The van der Waals surface area contributed by atoms with Crippen LogP contribution in [-0.2, 0) is 10.0 Å². The molecule has 6 rings (SSSR count). The molecule has 0 saturated heterocycles. The quantitative estimate of drug-likeness (QED) is 0.449. The third-order valence-electron chi connectivity index (χ3n) is 6.16. The van der Waals surface area contributed by atoms with E-state index in [-0.39, 0.29) is 22.8 Å². The molecule has 0 aliphatic carbocycles. The van der Waals surface area contributed by atoms with Crippen LogP contribution < -0.4 is 14.6 Å². The number of benzene rings is 2. The van der Waals surface area contributed by atoms with E-state index in [9.17, 15) is 22.0 Å². The van der Waals surface area contributed by atoms with Gasteiger partial charge in [0.2, 0.25) is 5.56 Å². The van der Waals surface area contributed by atoms with Crippen molar-refractivity contribution in [3.05, 3.63) is 81.5 Å². The number of H-pyrrole nitrogens is 1. The van der Waals surface area contributed by atoms with Gasteiger partial charge in [0, 0.05) is 29.3 Å². The number of aromatic amines is 1. The SMILES string of the molecule is O=c1ccc(S(=O)(=O)N2c3cccc(OC(F)F)c3[C@H]3CC2c2nc4ccc(Cl)cc4n23)c[nH]1. The van der Waals surface area contributed by atoms with Crippen molar-refractivity contribution < 1.29 is 21.9 Å². The van der Waals surface area contributed by atoms with E-state index in [0.717, 1.165) is 12.3 Å². The first-order valence-corrected chi connectivity index (χ1v) is 12.1. The van der Waals surface area contributed by atoms with Crippen LogP contribution in [-0.4, -0.2) is 29.6 Å². The van der Waals surface area contributed by atoms with Gasteiger partial charge >= 0.3 is 6.61 Å². The summed E-state index contributed by atoms with van der Waals surface area (Å²) in [4.78, 5) is 18.4. The van der Waals surface area contributed by atoms with Gasteiger partial charge in [0.25, 0.3) is 10.0 Å². The number of aromatic nitrogens is 3. The number of rotatable bonds is 4. The molecule has 34 heavy (non-hydrogen) atoms. The fourth-order valence-electron chi connectivity index (χ4n) is 4.91. The normalized spacial score (nSPS) is 18.9. The average molecular weight is 505 g/mol. The van der Waals surface area contributed by atoms with Crippen LogP contribution in [0.15, 0.2) is 64.4 Å². The zero-order chi connectivity index (χ0) is 23.8. The number of hydrogen-bond donors (Lipinski definition) is 1. The highest BCUT2D eigenvalue weighted by Gasteiger charge is 2.50. The first-order valence-electron chi connectivity index (χ1n) is 10.2. The van der Waals surface area contributed by atoms with Gasteiger partial charge in [0.05, 0.1) is 22.8 Å². The number of ether oxygens (including phenoxy) is 1. The van der Waals surface area contributed by atoms with Crippen molar-refractivity contribution in [2.45, 2.75) is 30.0 Å². The molecule has 0 amide bonds. The second-order valence-electron chi connectivity index (χ2n) is 8.00. The molecule has 0 spiro atoms. The maximum atomic E-state index is 13.8. The molecule has 0 radical (unpaired) electrons. The smallest absolute Gasteiger partial charge is 0.387 e. The summed E-state index contributed by atoms with van der Waals surface area (Å²) in [6.07, 6.45) is 1.38. The Bertz CT molecular complexity index is 1620. The molecule has 2 aliphatic rings. The summed E-state index contributed by atoms with van der Waals surface area (Å²) in [6.45, 7) is -3.09. The van der Waals surface area contributed by atoms with Gasteiger partial charge in [-0.25, -0.2) is 13.4 Å². The van der Waals surface area contributed by atoms with Gasteiger partial charge in [-0.2, -0.15) is 8.78 Å². The highest BCUT2D eigenvalue weighted by atomic mass is 35.5. The van der Waals surface area contributed by atoms with Crippen molar-refractivity contribution in [3.8, 4) is 5.75 Å². The van der Waals surface area contributed by atoms with Crippen LogP contribution in [0.5, 0.6) is 5.75 Å². The number of alkyl halides is 2. The summed E-state index contributed by atoms with van der Waals surface area (Å²) >= 11 is 6.21. The summed E-state index contributed by atoms with van der Waals surface area (Å²) in [5, 5.41) is 0.465. The van der Waals surface area contributed by atoms with E-state index in [1.807, 2.05) is 4.57 Å². The summed E-state index contributed by atoms with van der Waals surface area (Å²) < 4.78 is 62.0. The van der Waals surface area contributed by atoms with E-state index in [4.69, 9.17) is 16.3 Å². The molecular weight excluding hydrogens is 490 g/mol.